The predicted octanol–water partition coefficient (Wildman–Crippen LogP) is 8.17. The van der Waals surface area contributed by atoms with Gasteiger partial charge in [-0.1, -0.05) is 69.3 Å². The molecular formula is C49H60N8O7. The van der Waals surface area contributed by atoms with E-state index in [0.29, 0.717) is 12.4 Å². The third-order valence-corrected chi connectivity index (χ3v) is 13.8. The molecule has 4 N–H and O–H groups in total. The summed E-state index contributed by atoms with van der Waals surface area (Å²) in [6.45, 7) is 12.2. The Morgan fingerprint density at radius 1 is 0.766 bits per heavy atom. The molecule has 338 valence electrons. The molecule has 2 aliphatic heterocycles. The number of likely N-dealkylation sites (tertiary alicyclic amines) is 2. The number of carbonyl (C=O) groups excluding carboxylic acids is 4. The number of nitrogens with one attached hydrogen (secondary N) is 4. The molecule has 0 radical (unpaired) electrons. The molecule has 3 aromatic carbocycles. The lowest BCUT2D eigenvalue weighted by Crippen LogP contribution is -2.60. The standard InChI is InChI=1S/C49H60N8O7/c1-27(2)39(54-46(60)62-7)44(58)56-26-49(18-19-49)23-38(56)42-50-25-37(52-42)35-17-16-33-21-32(14-15-34(33)22-35)30-10-12-31(13-11-30)36-24-51-43(53-36)40-28(3)20-29(4)57(40)45(59)41(48(5,6)64-9)55-47(61)63-8/h10-17,21-22,24-25,27-29,38-41H,18-20,23,26H2,1-9H3,(H,50,52)(H,51,53)(H,54,60)(H,55,61)/t28-,29+,38-,39-,40-,41+/m0/s1. The van der Waals surface area contributed by atoms with Crippen LogP contribution in [0.5, 0.6) is 0 Å². The summed E-state index contributed by atoms with van der Waals surface area (Å²) in [6, 6.07) is 18.8. The van der Waals surface area contributed by atoms with Crippen molar-refractivity contribution in [3.8, 4) is 33.6 Å². The molecule has 3 fully saturated rings. The van der Waals surface area contributed by atoms with E-state index in [2.05, 4.69) is 88.2 Å². The molecule has 4 amide bonds. The monoisotopic (exact) mass is 872 g/mol. The van der Waals surface area contributed by atoms with Crippen LogP contribution in [0.15, 0.2) is 73.1 Å². The molecule has 15 nitrogen and oxygen atoms in total. The first-order valence-corrected chi connectivity index (χ1v) is 22.2. The average Bonchev–Trinajstić information content (AvgIpc) is 3.70. The first-order valence-electron chi connectivity index (χ1n) is 22.2. The van der Waals surface area contributed by atoms with Crippen LogP contribution in [-0.4, -0.2) is 105 Å². The van der Waals surface area contributed by atoms with E-state index in [4.69, 9.17) is 24.2 Å². The van der Waals surface area contributed by atoms with Crippen LogP contribution >= 0.6 is 0 Å². The van der Waals surface area contributed by atoms with Crippen LogP contribution in [0, 0.1) is 17.3 Å². The number of rotatable bonds is 12. The third kappa shape index (κ3) is 8.57. The highest BCUT2D eigenvalue weighted by atomic mass is 16.5. The van der Waals surface area contributed by atoms with Gasteiger partial charge in [0.1, 0.15) is 23.7 Å². The Hall–Kier alpha value is -6.22. The number of methoxy groups -OCH3 is 3. The second-order valence-corrected chi connectivity index (χ2v) is 18.9. The van der Waals surface area contributed by atoms with Gasteiger partial charge in [0, 0.05) is 25.3 Å². The summed E-state index contributed by atoms with van der Waals surface area (Å²) in [4.78, 5) is 73.0. The van der Waals surface area contributed by atoms with Crippen molar-refractivity contribution in [1.29, 1.82) is 0 Å². The first-order chi connectivity index (χ1) is 30.5. The van der Waals surface area contributed by atoms with Crippen molar-refractivity contribution in [2.45, 2.75) is 103 Å². The summed E-state index contributed by atoms with van der Waals surface area (Å²) in [6.07, 6.45) is 6.11. The SMILES string of the molecule is COC(=O)N[C@H](C(=O)N1CC2(CC2)C[C@H]1c1ncc(-c2ccc3cc(-c4ccc(-c5cnc([C@@H]6[C@@H](C)C[C@@H](C)N6C(=O)[C@@H](NC(=O)OC)C(C)(C)OC)[nH]5)cc4)ccc3c2)[nH]1)C(C)C. The number of carbonyl (C=O) groups is 4. The molecule has 8 rings (SSSR count). The minimum absolute atomic E-state index is 0.0915. The fourth-order valence-corrected chi connectivity index (χ4v) is 9.73. The molecule has 1 aliphatic carbocycles. The van der Waals surface area contributed by atoms with Crippen molar-refractivity contribution in [1.82, 2.24) is 40.4 Å². The number of H-pyrrole nitrogens is 2. The zero-order valence-corrected chi connectivity index (χ0v) is 38.2. The molecule has 5 aromatic rings. The maximum absolute atomic E-state index is 14.2. The van der Waals surface area contributed by atoms with E-state index in [1.165, 1.54) is 21.3 Å². The molecule has 2 aromatic heterocycles. The highest BCUT2D eigenvalue weighted by Crippen LogP contribution is 2.58. The Balaban J connectivity index is 0.971. The van der Waals surface area contributed by atoms with Gasteiger partial charge in [0.15, 0.2) is 0 Å². The molecule has 3 aliphatic rings. The van der Waals surface area contributed by atoms with E-state index in [0.717, 1.165) is 75.9 Å². The Kier molecular flexibility index (Phi) is 12.1. The molecule has 6 atom stereocenters. The van der Waals surface area contributed by atoms with E-state index in [1.807, 2.05) is 43.0 Å². The third-order valence-electron chi connectivity index (χ3n) is 13.8. The van der Waals surface area contributed by atoms with Gasteiger partial charge in [0.05, 0.1) is 55.7 Å². The van der Waals surface area contributed by atoms with Crippen LogP contribution in [0.3, 0.4) is 0 Å². The normalized spacial score (nSPS) is 21.3. The van der Waals surface area contributed by atoms with Crippen molar-refractivity contribution in [2.24, 2.45) is 17.3 Å². The summed E-state index contributed by atoms with van der Waals surface area (Å²) in [5.74, 6) is 1.07. The number of aromatic amines is 2. The second kappa shape index (κ2) is 17.4. The van der Waals surface area contributed by atoms with Gasteiger partial charge >= 0.3 is 12.2 Å². The maximum atomic E-state index is 14.2. The smallest absolute Gasteiger partial charge is 0.407 e. The van der Waals surface area contributed by atoms with E-state index in [9.17, 15) is 19.2 Å². The maximum Gasteiger partial charge on any atom is 0.407 e. The Labute approximate surface area is 374 Å². The molecule has 15 heteroatoms. The number of alkyl carbamates (subject to hydrolysis) is 2. The number of hydrogen-bond acceptors (Lipinski definition) is 9. The summed E-state index contributed by atoms with van der Waals surface area (Å²) >= 11 is 0. The van der Waals surface area contributed by atoms with Crippen molar-refractivity contribution in [3.05, 3.63) is 84.7 Å². The summed E-state index contributed by atoms with van der Waals surface area (Å²) in [7, 11) is 4.09. The van der Waals surface area contributed by atoms with Gasteiger partial charge in [0.2, 0.25) is 11.8 Å². The van der Waals surface area contributed by atoms with Crippen LogP contribution in [-0.2, 0) is 23.8 Å². The van der Waals surface area contributed by atoms with Crippen molar-refractivity contribution >= 4 is 34.8 Å². The van der Waals surface area contributed by atoms with Crippen LogP contribution in [0.4, 0.5) is 9.59 Å². The molecule has 2 saturated heterocycles. The number of ether oxygens (including phenoxy) is 3. The number of imidazole rings is 2. The topological polar surface area (TPSA) is 184 Å². The summed E-state index contributed by atoms with van der Waals surface area (Å²) in [5, 5.41) is 7.64. The molecule has 64 heavy (non-hydrogen) atoms. The number of hydrogen-bond donors (Lipinski definition) is 4. The number of fused-ring (bicyclic) bond motifs is 1. The lowest BCUT2D eigenvalue weighted by atomic mass is 9.96. The zero-order chi connectivity index (χ0) is 45.7. The quantitative estimate of drug-likeness (QED) is 0.0961. The summed E-state index contributed by atoms with van der Waals surface area (Å²) in [5.41, 5.74) is 4.94. The van der Waals surface area contributed by atoms with Crippen LogP contribution in [0.2, 0.25) is 0 Å². The molecule has 4 heterocycles. The van der Waals surface area contributed by atoms with Gasteiger partial charge < -0.3 is 44.6 Å². The van der Waals surface area contributed by atoms with E-state index in [-0.39, 0.29) is 47.2 Å². The van der Waals surface area contributed by atoms with E-state index >= 15 is 0 Å². The van der Waals surface area contributed by atoms with Crippen molar-refractivity contribution in [2.75, 3.05) is 27.9 Å². The van der Waals surface area contributed by atoms with Gasteiger partial charge in [-0.25, -0.2) is 19.6 Å². The van der Waals surface area contributed by atoms with Gasteiger partial charge in [0.25, 0.3) is 0 Å². The van der Waals surface area contributed by atoms with Crippen LogP contribution < -0.4 is 10.6 Å². The first kappa shape index (κ1) is 44.4. The van der Waals surface area contributed by atoms with E-state index in [1.54, 1.807) is 13.8 Å². The molecule has 0 unspecified atom stereocenters. The average molecular weight is 873 g/mol. The number of nitrogens with zero attached hydrogens (tertiary/aromatic N) is 4. The van der Waals surface area contributed by atoms with Gasteiger partial charge in [-0.15, -0.1) is 0 Å². The Morgan fingerprint density at radius 2 is 1.33 bits per heavy atom. The van der Waals surface area contributed by atoms with Crippen LogP contribution in [0.25, 0.3) is 44.4 Å². The van der Waals surface area contributed by atoms with Crippen molar-refractivity contribution < 1.29 is 33.4 Å². The molecule has 1 spiro atoms. The number of amides is 4. The van der Waals surface area contributed by atoms with Crippen molar-refractivity contribution in [3.63, 3.8) is 0 Å². The van der Waals surface area contributed by atoms with Gasteiger partial charge in [-0.3, -0.25) is 9.59 Å². The number of aromatic nitrogens is 4. The molecule has 1 saturated carbocycles. The highest BCUT2D eigenvalue weighted by Gasteiger charge is 2.55. The van der Waals surface area contributed by atoms with E-state index < -0.39 is 29.9 Å². The largest absolute Gasteiger partial charge is 0.453 e. The second-order valence-electron chi connectivity index (χ2n) is 18.9. The lowest BCUT2D eigenvalue weighted by molar-refractivity contribution is -0.144. The predicted molar refractivity (Wildman–Crippen MR) is 243 cm³/mol. The fourth-order valence-electron chi connectivity index (χ4n) is 9.73. The van der Waals surface area contributed by atoms with Gasteiger partial charge in [-0.05, 0) is 103 Å². The Morgan fingerprint density at radius 3 is 1.95 bits per heavy atom. The summed E-state index contributed by atoms with van der Waals surface area (Å²) < 4.78 is 15.3. The lowest BCUT2D eigenvalue weighted by Gasteiger charge is -2.38. The zero-order valence-electron chi connectivity index (χ0n) is 38.2. The molecule has 0 bridgehead atoms. The minimum Gasteiger partial charge on any atom is -0.453 e. The molecular weight excluding hydrogens is 813 g/mol. The minimum atomic E-state index is -0.995. The van der Waals surface area contributed by atoms with Crippen LogP contribution in [0.1, 0.15) is 91.0 Å². The fraction of sp³-hybridized carbons (Fsp3) is 0.469. The van der Waals surface area contributed by atoms with Gasteiger partial charge in [-0.2, -0.15) is 0 Å². The Bertz CT molecular complexity index is 2540. The number of benzene rings is 3. The highest BCUT2D eigenvalue weighted by molar-refractivity contribution is 5.91.